The maximum absolute atomic E-state index is 5.14. The van der Waals surface area contributed by atoms with Crippen molar-refractivity contribution in [1.82, 2.24) is 39.9 Å². The third-order valence-corrected chi connectivity index (χ3v) is 31.2. The summed E-state index contributed by atoms with van der Waals surface area (Å²) in [7, 11) is 0. The Labute approximate surface area is 922 Å². The molecule has 28 rings (SSSR count). The third kappa shape index (κ3) is 20.5. The molecule has 3 radical (unpaired) electrons. The Bertz CT molecular complexity index is 8570. The van der Waals surface area contributed by atoms with Crippen LogP contribution in [-0.4, -0.2) is 39.9 Å². The Morgan fingerprint density at radius 3 is 1.03 bits per heavy atom. The molecule has 8 nitrogen and oxygen atoms in total. The van der Waals surface area contributed by atoms with E-state index >= 15 is 0 Å². The fraction of sp³-hybridized carbons (Fsp3) is 0.0815. The third-order valence-electron chi connectivity index (χ3n) is 28.0. The number of fused-ring (bicyclic) bond motifs is 15. The van der Waals surface area contributed by atoms with Gasteiger partial charge in [0.25, 0.3) is 0 Å². The van der Waals surface area contributed by atoms with E-state index in [-0.39, 0.29) is 76.6 Å². The van der Waals surface area contributed by atoms with Crippen molar-refractivity contribution >= 4 is 97.4 Å². The summed E-state index contributed by atoms with van der Waals surface area (Å²) in [5.41, 5.74) is 41.7. The van der Waals surface area contributed by atoms with Gasteiger partial charge in [-0.25, -0.2) is 0 Å². The molecule has 149 heavy (non-hydrogen) atoms. The molecule has 0 spiro atoms. The summed E-state index contributed by atoms with van der Waals surface area (Å²) in [6.07, 6.45) is 3.79. The second-order valence-electron chi connectivity index (χ2n) is 38.4. The number of rotatable bonds is 10. The summed E-state index contributed by atoms with van der Waals surface area (Å²) in [6, 6.07) is 167. The topological polar surface area (TPSA) is 103 Å². The summed E-state index contributed by atoms with van der Waals surface area (Å²) in [5, 5.41) is 6.52. The van der Waals surface area contributed by atoms with Gasteiger partial charge in [0.05, 0.1) is 44.6 Å². The van der Waals surface area contributed by atoms with E-state index in [2.05, 4.69) is 417 Å². The van der Waals surface area contributed by atoms with Crippen LogP contribution in [0.25, 0.3) is 207 Å². The number of pyridine rings is 1. The van der Waals surface area contributed by atoms with Gasteiger partial charge in [-0.15, -0.1) is 194 Å². The van der Waals surface area contributed by atoms with Gasteiger partial charge in [-0.3, -0.25) is 34.9 Å². The number of para-hydroxylation sites is 6. The van der Waals surface area contributed by atoms with Gasteiger partial charge in [0.15, 0.2) is 0 Å². The fourth-order valence-corrected chi connectivity index (χ4v) is 23.2. The molecule has 0 aliphatic heterocycles. The molecule has 0 N–H and O–H groups in total. The van der Waals surface area contributed by atoms with Crippen molar-refractivity contribution < 1.29 is 60.3 Å². The number of aromatic nitrogens is 8. The number of hydrogen-bond donors (Lipinski definition) is 0. The van der Waals surface area contributed by atoms with Gasteiger partial charge in [0.1, 0.15) is 0 Å². The van der Waals surface area contributed by atoms with Gasteiger partial charge in [-0.1, -0.05) is 337 Å². The van der Waals surface area contributed by atoms with Crippen LogP contribution in [0.1, 0.15) is 86.1 Å². The second-order valence-corrected chi connectivity index (χ2v) is 41.5. The molecule has 0 fully saturated rings. The molecular weight excluding hydrogens is 2410 g/mol. The number of thiazole rings is 3. The fourth-order valence-electron chi connectivity index (χ4n) is 20.4. The molecule has 0 atom stereocenters. The Morgan fingerprint density at radius 2 is 0.591 bits per heavy atom. The van der Waals surface area contributed by atoms with E-state index in [1.54, 1.807) is 34.0 Å². The van der Waals surface area contributed by atoms with Gasteiger partial charge < -0.3 is 4.98 Å². The average Bonchev–Trinajstić information content (AvgIpc) is 1.59. The van der Waals surface area contributed by atoms with Gasteiger partial charge in [0.2, 0.25) is 0 Å². The summed E-state index contributed by atoms with van der Waals surface area (Å²) in [5.74, 6) is 0.719. The first-order valence-electron chi connectivity index (χ1n) is 49.1. The van der Waals surface area contributed by atoms with Crippen LogP contribution in [0.15, 0.2) is 437 Å². The molecule has 6 aromatic heterocycles. The smallest absolute Gasteiger partial charge is 0.0867 e. The molecule has 0 bridgehead atoms. The van der Waals surface area contributed by atoms with Crippen molar-refractivity contribution in [2.75, 3.05) is 0 Å². The molecule has 19 aromatic carbocycles. The van der Waals surface area contributed by atoms with Gasteiger partial charge in [-0.05, 0) is 162 Å². The van der Waals surface area contributed by atoms with E-state index in [0.717, 1.165) is 110 Å². The van der Waals surface area contributed by atoms with Crippen LogP contribution in [0.5, 0.6) is 0 Å². The summed E-state index contributed by atoms with van der Waals surface area (Å²) in [4.78, 5) is 38.2. The van der Waals surface area contributed by atoms with Crippen LogP contribution >= 0.6 is 34.0 Å². The number of hydrogen-bond acceptors (Lipinski definition) is 11. The molecule has 0 saturated heterocycles. The minimum absolute atomic E-state index is 0. The second kappa shape index (κ2) is 43.7. The Hall–Kier alpha value is -15.1. The van der Waals surface area contributed by atoms with E-state index in [9.17, 15) is 0 Å². The summed E-state index contributed by atoms with van der Waals surface area (Å²) in [6.45, 7) is 18.0. The van der Waals surface area contributed by atoms with Crippen LogP contribution in [0.2, 0.25) is 0 Å². The number of nitrogens with zero attached hydrogens (tertiary/aromatic N) is 8. The molecular formula is C135H96Ir3N8S3-6. The first-order valence-corrected chi connectivity index (χ1v) is 51.6. The van der Waals surface area contributed by atoms with Crippen molar-refractivity contribution in [2.24, 2.45) is 0 Å². The Morgan fingerprint density at radius 1 is 0.235 bits per heavy atom. The van der Waals surface area contributed by atoms with E-state index < -0.39 is 0 Å². The number of benzene rings is 19. The van der Waals surface area contributed by atoms with Gasteiger partial charge >= 0.3 is 0 Å². The first kappa shape index (κ1) is 101. The Kier molecular flexibility index (Phi) is 29.7. The summed E-state index contributed by atoms with van der Waals surface area (Å²) < 4.78 is 3.64. The van der Waals surface area contributed by atoms with E-state index in [1.807, 2.05) is 122 Å². The minimum Gasteiger partial charge on any atom is -0.304 e. The molecule has 0 amide bonds. The van der Waals surface area contributed by atoms with E-state index in [4.69, 9.17) is 29.9 Å². The molecule has 727 valence electrons. The first-order chi connectivity index (χ1) is 71.4. The Balaban J connectivity index is 0.000000109. The average molecular weight is 2500 g/mol. The van der Waals surface area contributed by atoms with E-state index in [1.165, 1.54) is 142 Å². The maximum Gasteiger partial charge on any atom is 0.0867 e. The largest absolute Gasteiger partial charge is 0.304 e. The quantitative estimate of drug-likeness (QED) is 0.125. The zero-order valence-electron chi connectivity index (χ0n) is 82.9. The molecule has 0 unspecified atom stereocenters. The maximum atomic E-state index is 5.14. The van der Waals surface area contributed by atoms with Crippen molar-refractivity contribution in [3.63, 3.8) is 0 Å². The molecule has 3 aliphatic carbocycles. The van der Waals surface area contributed by atoms with Crippen molar-refractivity contribution in [1.29, 1.82) is 0 Å². The number of aryl methyl sites for hydroxylation is 2. The standard InChI is InChI=1S/C31H25N2.C24H18N.C23H17N2.3C19H12NS.3Ir/c1-19-10-9-11-20(2)28(19)29-23-13-6-8-15-27(23)32-30(33-29)21-16-17-26-24(18-21)22-12-5-7-14-25(22)31(26,3)4;1-24(2)21-10-6-5-9-19(21)20-13-17(11-12-22(20)24)23-14-16-7-3-4-8-18(16)15-25-23;1-23(2)18-8-4-3-7-16(18)17-13-15(11-12-19(17)23)22-14-24-20-9-5-6-10-21(20)25-22;3*1-2-7-14(8-3-1)15-9-6-10-16(13-15)19-20-17-11-4-5-12-18(17)21-19;;;/h5-15,17-18H,1-4H3;3-10,12-15H,1-2H3;3-10,12-14H,1-2H3;3*1-9,11-13H;;;/q6*-1;;;. The zero-order valence-corrected chi connectivity index (χ0v) is 92.5. The van der Waals surface area contributed by atoms with Crippen molar-refractivity contribution in [2.45, 2.75) is 71.6 Å². The molecule has 0 saturated carbocycles. The van der Waals surface area contributed by atoms with Crippen molar-refractivity contribution in [3.05, 3.63) is 518 Å². The van der Waals surface area contributed by atoms with Crippen LogP contribution in [0.4, 0.5) is 0 Å². The van der Waals surface area contributed by atoms with Crippen LogP contribution < -0.4 is 0 Å². The van der Waals surface area contributed by atoms with Gasteiger partial charge in [-0.2, -0.15) is 34.0 Å². The van der Waals surface area contributed by atoms with Crippen LogP contribution in [0, 0.1) is 50.2 Å². The molecule has 3 aliphatic rings. The zero-order chi connectivity index (χ0) is 99.0. The minimum atomic E-state index is -0.0331. The molecule has 25 aromatic rings. The predicted molar refractivity (Wildman–Crippen MR) is 609 cm³/mol. The van der Waals surface area contributed by atoms with E-state index in [0.29, 0.717) is 0 Å². The predicted octanol–water partition coefficient (Wildman–Crippen LogP) is 35.4. The normalized spacial score (nSPS) is 12.4. The van der Waals surface area contributed by atoms with Crippen LogP contribution in [-0.2, 0) is 76.6 Å². The molecule has 14 heteroatoms. The van der Waals surface area contributed by atoms with Gasteiger partial charge in [0, 0.05) is 118 Å². The molecule has 6 heterocycles. The van der Waals surface area contributed by atoms with Crippen LogP contribution in [0.3, 0.4) is 0 Å². The summed E-state index contributed by atoms with van der Waals surface area (Å²) >= 11 is 5.14. The van der Waals surface area contributed by atoms with Crippen molar-refractivity contribution in [3.8, 4) is 144 Å². The monoisotopic (exact) mass is 2500 g/mol. The SMILES string of the molecule is CC1(C)c2c[c-]c(-c3cc4ccccc4cn3)cc2-c2ccccc21.CC1(C)c2c[c-]c(-c3cnc4ccccc4n3)cc2-c2ccccc21.Cc1cccc(C)c1-c1nc(-c2[c-]cc3c(c2)-c2ccccc2C3(C)C)nc2ccccc12.[Ir].[Ir].[Ir].[c-]1ccc(-c2ccccc2)cc1-c1nc2ccccc2s1.[c-]1ccc(-c2ccccc2)cc1-c1nc2ccccc2s1.[c-]1ccc(-c2ccccc2)cc1-c1nc2ccccc2s1.